The first-order valence-electron chi connectivity index (χ1n) is 10.0. The van der Waals surface area contributed by atoms with Crippen molar-refractivity contribution in [3.63, 3.8) is 0 Å². The average molecular weight is 442 g/mol. The lowest BCUT2D eigenvalue weighted by molar-refractivity contribution is -0.140. The summed E-state index contributed by atoms with van der Waals surface area (Å²) in [4.78, 5) is 13.3. The molecule has 0 atom stereocenters. The number of aromatic nitrogens is 3. The van der Waals surface area contributed by atoms with E-state index in [1.54, 1.807) is 25.1 Å². The second kappa shape index (κ2) is 8.00. The minimum Gasteiger partial charge on any atom is -0.505 e. The lowest BCUT2D eigenvalue weighted by atomic mass is 9.79. The molecule has 0 saturated heterocycles. The van der Waals surface area contributed by atoms with E-state index < -0.39 is 11.4 Å². The Morgan fingerprint density at radius 2 is 1.77 bits per heavy atom. The number of rotatable bonds is 5. The van der Waals surface area contributed by atoms with Gasteiger partial charge < -0.3 is 9.84 Å². The summed E-state index contributed by atoms with van der Waals surface area (Å²) in [5, 5.41) is 20.7. The van der Waals surface area contributed by atoms with Crippen LogP contribution in [-0.4, -0.2) is 32.7 Å². The number of ether oxygens (including phenoxy) is 1. The van der Waals surface area contributed by atoms with Gasteiger partial charge in [0.25, 0.3) is 0 Å². The van der Waals surface area contributed by atoms with Gasteiger partial charge in [0.1, 0.15) is 29.1 Å². The van der Waals surface area contributed by atoms with Crippen LogP contribution in [0, 0.1) is 0 Å². The predicted octanol–water partition coefficient (Wildman–Crippen LogP) is 5.47. The molecule has 1 heterocycles. The summed E-state index contributed by atoms with van der Waals surface area (Å²) in [6, 6.07) is 9.05. The Balaban J connectivity index is 2.14. The molecule has 7 heteroatoms. The Bertz CT molecular complexity index is 1170. The molecule has 2 aromatic carbocycles. The molecule has 0 aliphatic heterocycles. The van der Waals surface area contributed by atoms with Gasteiger partial charge in [-0.1, -0.05) is 58.9 Å². The van der Waals surface area contributed by atoms with Crippen molar-refractivity contribution in [2.24, 2.45) is 0 Å². The Morgan fingerprint density at radius 3 is 2.39 bits per heavy atom. The van der Waals surface area contributed by atoms with Crippen molar-refractivity contribution in [2.45, 2.75) is 52.4 Å². The molecule has 0 radical (unpaired) electrons. The summed E-state index contributed by atoms with van der Waals surface area (Å²) in [6.07, 6.45) is 0. The van der Waals surface area contributed by atoms with Crippen molar-refractivity contribution in [1.82, 2.24) is 15.0 Å². The highest BCUT2D eigenvalue weighted by Gasteiger charge is 2.29. The van der Waals surface area contributed by atoms with E-state index in [4.69, 9.17) is 16.3 Å². The first kappa shape index (κ1) is 22.8. The van der Waals surface area contributed by atoms with Gasteiger partial charge in [-0.2, -0.15) is 0 Å². The highest BCUT2D eigenvalue weighted by atomic mass is 35.5. The molecule has 1 aromatic heterocycles. The van der Waals surface area contributed by atoms with E-state index in [0.29, 0.717) is 27.3 Å². The topological polar surface area (TPSA) is 77.2 Å². The van der Waals surface area contributed by atoms with Gasteiger partial charge in [-0.3, -0.25) is 0 Å². The molecule has 0 aliphatic rings. The van der Waals surface area contributed by atoms with E-state index in [1.165, 1.54) is 4.80 Å². The van der Waals surface area contributed by atoms with Gasteiger partial charge in [0.05, 0.1) is 0 Å². The third-order valence-electron chi connectivity index (χ3n) is 5.15. The normalized spacial score (nSPS) is 12.2. The van der Waals surface area contributed by atoms with Crippen LogP contribution in [0.3, 0.4) is 0 Å². The zero-order chi connectivity index (χ0) is 23.1. The van der Waals surface area contributed by atoms with Crippen molar-refractivity contribution in [2.75, 3.05) is 6.61 Å². The number of phenols is 1. The first-order chi connectivity index (χ1) is 14.3. The first-order valence-corrected chi connectivity index (χ1v) is 10.4. The molecular formula is C24H28ClN3O3. The number of fused-ring (bicyclic) bond motifs is 1. The quantitative estimate of drug-likeness (QED) is 0.419. The zero-order valence-corrected chi connectivity index (χ0v) is 19.5. The van der Waals surface area contributed by atoms with Crippen LogP contribution < -0.4 is 0 Å². The molecule has 0 amide bonds. The van der Waals surface area contributed by atoms with Gasteiger partial charge in [-0.05, 0) is 42.2 Å². The maximum atomic E-state index is 11.9. The van der Waals surface area contributed by atoms with Crippen LogP contribution >= 0.6 is 11.6 Å². The van der Waals surface area contributed by atoms with Crippen LogP contribution in [0.5, 0.6) is 5.75 Å². The number of hydrogen-bond donors (Lipinski definition) is 1. The second-order valence-electron chi connectivity index (χ2n) is 9.50. The van der Waals surface area contributed by atoms with Crippen molar-refractivity contribution in [3.05, 3.63) is 58.6 Å². The van der Waals surface area contributed by atoms with Crippen molar-refractivity contribution >= 4 is 28.6 Å². The lowest BCUT2D eigenvalue weighted by Crippen LogP contribution is -2.27. The summed E-state index contributed by atoms with van der Waals surface area (Å²) in [5.41, 5.74) is 2.87. The molecule has 0 aliphatic carbocycles. The fourth-order valence-corrected chi connectivity index (χ4v) is 3.35. The minimum absolute atomic E-state index is 0.109. The Labute approximate surface area is 187 Å². The average Bonchev–Trinajstić information content (AvgIpc) is 3.07. The third-order valence-corrected chi connectivity index (χ3v) is 5.38. The van der Waals surface area contributed by atoms with E-state index >= 15 is 0 Å². The maximum absolute atomic E-state index is 11.9. The van der Waals surface area contributed by atoms with Gasteiger partial charge in [-0.25, -0.2) is 4.79 Å². The second-order valence-corrected chi connectivity index (χ2v) is 9.94. The van der Waals surface area contributed by atoms with E-state index in [-0.39, 0.29) is 17.8 Å². The molecule has 6 nitrogen and oxygen atoms in total. The largest absolute Gasteiger partial charge is 0.505 e. The SMILES string of the molecule is C=C(C)C(=O)OCC(C)(C)c1cc(-n2nc3ccc(Cl)cc3n2)c(O)c(C(C)(C)C)c1. The summed E-state index contributed by atoms with van der Waals surface area (Å²) >= 11 is 6.08. The molecule has 164 valence electrons. The van der Waals surface area contributed by atoms with Gasteiger partial charge in [0.2, 0.25) is 0 Å². The highest BCUT2D eigenvalue weighted by Crippen LogP contribution is 2.39. The zero-order valence-electron chi connectivity index (χ0n) is 18.8. The summed E-state index contributed by atoms with van der Waals surface area (Å²) < 4.78 is 5.43. The number of nitrogens with zero attached hydrogens (tertiary/aromatic N) is 3. The number of phenolic OH excluding ortho intramolecular Hbond substituents is 1. The van der Waals surface area contributed by atoms with Gasteiger partial charge >= 0.3 is 5.97 Å². The summed E-state index contributed by atoms with van der Waals surface area (Å²) in [6.45, 7) is 15.4. The van der Waals surface area contributed by atoms with Crippen molar-refractivity contribution in [1.29, 1.82) is 0 Å². The molecule has 0 bridgehead atoms. The van der Waals surface area contributed by atoms with Crippen LogP contribution in [0.4, 0.5) is 0 Å². The molecule has 1 N–H and O–H groups in total. The molecule has 0 spiro atoms. The maximum Gasteiger partial charge on any atom is 0.333 e. The van der Waals surface area contributed by atoms with Crippen molar-refractivity contribution < 1.29 is 14.6 Å². The Morgan fingerprint density at radius 1 is 1.13 bits per heavy atom. The van der Waals surface area contributed by atoms with E-state index in [9.17, 15) is 9.90 Å². The van der Waals surface area contributed by atoms with E-state index in [1.807, 2.05) is 46.8 Å². The standard InChI is InChI=1S/C24H28ClN3O3/c1-14(2)22(30)31-13-24(6,7)15-10-17(23(3,4)5)21(29)20(11-15)28-26-18-9-8-16(25)12-19(18)27-28/h8-12,29H,1,13H2,2-7H3. The van der Waals surface area contributed by atoms with E-state index in [0.717, 1.165) is 11.1 Å². The molecule has 0 saturated carbocycles. The number of hydrogen-bond acceptors (Lipinski definition) is 5. The number of carbonyl (C=O) groups excluding carboxylic acids is 1. The molecule has 0 fully saturated rings. The van der Waals surface area contributed by atoms with Gasteiger partial charge in [-0.15, -0.1) is 15.0 Å². The number of esters is 1. The Kier molecular flexibility index (Phi) is 5.89. The number of aromatic hydroxyl groups is 1. The molecule has 31 heavy (non-hydrogen) atoms. The summed E-state index contributed by atoms with van der Waals surface area (Å²) in [7, 11) is 0. The van der Waals surface area contributed by atoms with Gasteiger partial charge in [0, 0.05) is 21.6 Å². The minimum atomic E-state index is -0.524. The van der Waals surface area contributed by atoms with E-state index in [2.05, 4.69) is 16.8 Å². The molecule has 3 rings (SSSR count). The predicted molar refractivity (Wildman–Crippen MR) is 123 cm³/mol. The van der Waals surface area contributed by atoms with Crippen LogP contribution in [0.25, 0.3) is 16.7 Å². The van der Waals surface area contributed by atoms with Crippen LogP contribution in [0.1, 0.15) is 52.7 Å². The summed E-state index contributed by atoms with van der Waals surface area (Å²) in [5.74, 6) is -0.322. The third kappa shape index (κ3) is 4.74. The van der Waals surface area contributed by atoms with Crippen LogP contribution in [-0.2, 0) is 20.4 Å². The number of benzene rings is 2. The molecular weight excluding hydrogens is 414 g/mol. The highest BCUT2D eigenvalue weighted by molar-refractivity contribution is 6.31. The molecule has 3 aromatic rings. The lowest BCUT2D eigenvalue weighted by Gasteiger charge is -2.29. The Hall–Kier alpha value is -2.86. The fourth-order valence-electron chi connectivity index (χ4n) is 3.18. The monoisotopic (exact) mass is 441 g/mol. The van der Waals surface area contributed by atoms with Crippen molar-refractivity contribution in [3.8, 4) is 11.4 Å². The number of halogens is 1. The number of carbonyl (C=O) groups is 1. The fraction of sp³-hybridized carbons (Fsp3) is 0.375. The van der Waals surface area contributed by atoms with Crippen LogP contribution in [0.15, 0.2) is 42.5 Å². The smallest absolute Gasteiger partial charge is 0.333 e. The van der Waals surface area contributed by atoms with Crippen LogP contribution in [0.2, 0.25) is 5.02 Å². The molecule has 0 unspecified atom stereocenters. The van der Waals surface area contributed by atoms with Gasteiger partial charge in [0.15, 0.2) is 0 Å².